The van der Waals surface area contributed by atoms with Gasteiger partial charge in [0.25, 0.3) is 0 Å². The van der Waals surface area contributed by atoms with E-state index in [1.807, 2.05) is 20.8 Å². The van der Waals surface area contributed by atoms with Crippen LogP contribution in [-0.2, 0) is 16.0 Å². The number of ether oxygens (including phenoxy) is 1. The summed E-state index contributed by atoms with van der Waals surface area (Å²) in [6.07, 6.45) is 3.74. The highest BCUT2D eigenvalue weighted by atomic mass is 35.5. The summed E-state index contributed by atoms with van der Waals surface area (Å²) in [6.45, 7) is 6.45. The molecule has 1 aliphatic heterocycles. The average molecular weight is 325 g/mol. The van der Waals surface area contributed by atoms with Crippen LogP contribution in [0.1, 0.15) is 32.8 Å². The van der Waals surface area contributed by atoms with Crippen molar-refractivity contribution < 1.29 is 14.3 Å². The van der Waals surface area contributed by atoms with Crippen molar-refractivity contribution in [2.75, 3.05) is 13.1 Å². The Bertz CT molecular complexity index is 569. The molecule has 6 heteroatoms. The van der Waals surface area contributed by atoms with Crippen molar-refractivity contribution in [3.63, 3.8) is 0 Å². The monoisotopic (exact) mass is 324 g/mol. The molecule has 0 N–H and O–H groups in total. The fraction of sp³-hybridized carbons (Fsp3) is 0.562. The standard InChI is InChI=1S/C16H21ClN2O3/c1-16(2,3)22-15(21)19-7-5-12(10-19)14(20)8-11-4-6-18-9-13(11)17/h4,6,9,12H,5,7-8,10H2,1-3H3. The van der Waals surface area contributed by atoms with Crippen LogP contribution in [-0.4, -0.2) is 40.5 Å². The minimum absolute atomic E-state index is 0.0964. The molecule has 1 atom stereocenters. The molecule has 0 saturated carbocycles. The molecule has 2 heterocycles. The number of ketones is 1. The van der Waals surface area contributed by atoms with Crippen molar-refractivity contribution in [3.8, 4) is 0 Å². The molecule has 1 aromatic heterocycles. The molecule has 22 heavy (non-hydrogen) atoms. The highest BCUT2D eigenvalue weighted by molar-refractivity contribution is 6.31. The molecule has 1 aliphatic rings. The summed E-state index contributed by atoms with van der Waals surface area (Å²) >= 11 is 6.03. The molecule has 1 fully saturated rings. The van der Waals surface area contributed by atoms with Gasteiger partial charge in [-0.3, -0.25) is 9.78 Å². The number of rotatable bonds is 3. The number of likely N-dealkylation sites (tertiary alicyclic amines) is 1. The summed E-state index contributed by atoms with van der Waals surface area (Å²) in [7, 11) is 0. The van der Waals surface area contributed by atoms with E-state index in [1.165, 1.54) is 6.20 Å². The fourth-order valence-electron chi connectivity index (χ4n) is 2.39. The number of hydrogen-bond acceptors (Lipinski definition) is 4. The first-order chi connectivity index (χ1) is 10.3. The zero-order valence-corrected chi connectivity index (χ0v) is 13.9. The van der Waals surface area contributed by atoms with Crippen molar-refractivity contribution in [3.05, 3.63) is 29.0 Å². The van der Waals surface area contributed by atoms with E-state index in [2.05, 4.69) is 4.98 Å². The number of Topliss-reactive ketones (excluding diaryl/α,β-unsaturated/α-hetero) is 1. The molecule has 0 spiro atoms. The molecule has 1 unspecified atom stereocenters. The van der Waals surface area contributed by atoms with Gasteiger partial charge in [-0.25, -0.2) is 4.79 Å². The molecule has 1 saturated heterocycles. The smallest absolute Gasteiger partial charge is 0.410 e. The van der Waals surface area contributed by atoms with Crippen LogP contribution in [0.4, 0.5) is 4.79 Å². The Kier molecular flexibility index (Phi) is 5.06. The minimum Gasteiger partial charge on any atom is -0.444 e. The average Bonchev–Trinajstić information content (AvgIpc) is 2.89. The molecular weight excluding hydrogens is 304 g/mol. The molecule has 1 aromatic rings. The van der Waals surface area contributed by atoms with Gasteiger partial charge >= 0.3 is 6.09 Å². The van der Waals surface area contributed by atoms with Gasteiger partial charge in [-0.15, -0.1) is 0 Å². The number of nitrogens with zero attached hydrogens (tertiary/aromatic N) is 2. The van der Waals surface area contributed by atoms with Crippen LogP contribution in [0.15, 0.2) is 18.5 Å². The lowest BCUT2D eigenvalue weighted by molar-refractivity contribution is -0.121. The topological polar surface area (TPSA) is 59.5 Å². The van der Waals surface area contributed by atoms with Gasteiger partial charge in [0.1, 0.15) is 11.4 Å². The lowest BCUT2D eigenvalue weighted by Crippen LogP contribution is -2.36. The van der Waals surface area contributed by atoms with E-state index in [0.717, 1.165) is 5.56 Å². The number of amides is 1. The van der Waals surface area contributed by atoms with Gasteiger partial charge in [-0.1, -0.05) is 11.6 Å². The maximum atomic E-state index is 12.4. The zero-order chi connectivity index (χ0) is 16.3. The number of hydrogen-bond donors (Lipinski definition) is 0. The second-order valence-electron chi connectivity index (χ2n) is 6.52. The van der Waals surface area contributed by atoms with E-state index >= 15 is 0 Å². The van der Waals surface area contributed by atoms with E-state index in [9.17, 15) is 9.59 Å². The molecule has 1 amide bonds. The lowest BCUT2D eigenvalue weighted by Gasteiger charge is -2.24. The maximum Gasteiger partial charge on any atom is 0.410 e. The van der Waals surface area contributed by atoms with Gasteiger partial charge in [-0.05, 0) is 38.8 Å². The van der Waals surface area contributed by atoms with Gasteiger partial charge in [-0.2, -0.15) is 0 Å². The van der Waals surface area contributed by atoms with Crippen molar-refractivity contribution in [1.82, 2.24) is 9.88 Å². The third-order valence-corrected chi connectivity index (χ3v) is 3.86. The van der Waals surface area contributed by atoms with Gasteiger partial charge in [0.05, 0.1) is 5.02 Å². The molecule has 0 aromatic carbocycles. The van der Waals surface area contributed by atoms with Crippen molar-refractivity contribution in [2.45, 2.75) is 39.2 Å². The fourth-order valence-corrected chi connectivity index (χ4v) is 2.58. The van der Waals surface area contributed by atoms with Crippen LogP contribution < -0.4 is 0 Å². The van der Waals surface area contributed by atoms with Gasteiger partial charge in [0.15, 0.2) is 0 Å². The van der Waals surface area contributed by atoms with E-state index in [4.69, 9.17) is 16.3 Å². The van der Waals surface area contributed by atoms with Crippen LogP contribution in [0.25, 0.3) is 0 Å². The molecule has 120 valence electrons. The van der Waals surface area contributed by atoms with Crippen molar-refractivity contribution in [1.29, 1.82) is 0 Å². The first kappa shape index (κ1) is 16.7. The predicted molar refractivity (Wildman–Crippen MR) is 83.9 cm³/mol. The SMILES string of the molecule is CC(C)(C)OC(=O)N1CCC(C(=O)Cc2ccncc2Cl)C1. The second kappa shape index (κ2) is 6.65. The van der Waals surface area contributed by atoms with Crippen molar-refractivity contribution in [2.24, 2.45) is 5.92 Å². The summed E-state index contributed by atoms with van der Waals surface area (Å²) < 4.78 is 5.33. The van der Waals surface area contributed by atoms with Gasteiger partial charge in [0, 0.05) is 37.8 Å². The van der Waals surface area contributed by atoms with Crippen LogP contribution in [0.3, 0.4) is 0 Å². The van der Waals surface area contributed by atoms with Gasteiger partial charge in [0.2, 0.25) is 0 Å². The van der Waals surface area contributed by atoms with E-state index in [-0.39, 0.29) is 24.2 Å². The summed E-state index contributed by atoms with van der Waals surface area (Å²) in [5, 5.41) is 0.498. The predicted octanol–water partition coefficient (Wildman–Crippen LogP) is 3.10. The highest BCUT2D eigenvalue weighted by Crippen LogP contribution is 2.23. The summed E-state index contributed by atoms with van der Waals surface area (Å²) in [6, 6.07) is 1.75. The number of aromatic nitrogens is 1. The Morgan fingerprint density at radius 2 is 2.18 bits per heavy atom. The maximum absolute atomic E-state index is 12.4. The summed E-state index contributed by atoms with van der Waals surface area (Å²) in [5.74, 6) is -0.0593. The lowest BCUT2D eigenvalue weighted by atomic mass is 9.98. The molecule has 0 aliphatic carbocycles. The van der Waals surface area contributed by atoms with Crippen LogP contribution in [0.5, 0.6) is 0 Å². The minimum atomic E-state index is -0.524. The van der Waals surface area contributed by atoms with E-state index < -0.39 is 5.60 Å². The third-order valence-electron chi connectivity index (χ3n) is 3.52. The van der Waals surface area contributed by atoms with Crippen LogP contribution in [0, 0.1) is 5.92 Å². The Morgan fingerprint density at radius 1 is 1.45 bits per heavy atom. The number of halogens is 1. The molecular formula is C16H21ClN2O3. The zero-order valence-electron chi connectivity index (χ0n) is 13.1. The number of pyridine rings is 1. The Hall–Kier alpha value is -1.62. The first-order valence-electron chi connectivity index (χ1n) is 7.35. The summed E-state index contributed by atoms with van der Waals surface area (Å²) in [4.78, 5) is 29.9. The Balaban J connectivity index is 1.91. The molecule has 5 nitrogen and oxygen atoms in total. The highest BCUT2D eigenvalue weighted by Gasteiger charge is 2.33. The van der Waals surface area contributed by atoms with Gasteiger partial charge < -0.3 is 9.64 Å². The first-order valence-corrected chi connectivity index (χ1v) is 7.73. The largest absolute Gasteiger partial charge is 0.444 e. The Morgan fingerprint density at radius 3 is 2.82 bits per heavy atom. The number of carbonyl (C=O) groups excluding carboxylic acids is 2. The summed E-state index contributed by atoms with van der Waals surface area (Å²) in [5.41, 5.74) is 0.251. The van der Waals surface area contributed by atoms with Crippen molar-refractivity contribution >= 4 is 23.5 Å². The van der Waals surface area contributed by atoms with Crippen LogP contribution >= 0.6 is 11.6 Å². The molecule has 0 radical (unpaired) electrons. The number of carbonyl (C=O) groups is 2. The second-order valence-corrected chi connectivity index (χ2v) is 6.93. The van der Waals surface area contributed by atoms with E-state index in [1.54, 1.807) is 17.2 Å². The van der Waals surface area contributed by atoms with E-state index in [0.29, 0.717) is 24.5 Å². The Labute approximate surface area is 135 Å². The third kappa shape index (κ3) is 4.44. The molecule has 0 bridgehead atoms. The quantitative estimate of drug-likeness (QED) is 0.857. The normalized spacial score (nSPS) is 18.4. The van der Waals surface area contributed by atoms with Crippen LogP contribution in [0.2, 0.25) is 5.02 Å². The molecule has 2 rings (SSSR count).